The summed E-state index contributed by atoms with van der Waals surface area (Å²) in [5, 5.41) is 38.6. The predicted octanol–water partition coefficient (Wildman–Crippen LogP) is -8.29. The number of nitrogens with two attached hydrogens (primary N) is 7. The van der Waals surface area contributed by atoms with Gasteiger partial charge in [-0.1, -0.05) is 55.4 Å². The third-order valence-corrected chi connectivity index (χ3v) is 30.4. The fourth-order valence-corrected chi connectivity index (χ4v) is 21.8. The molecule has 0 bridgehead atoms. The number of aliphatic hydroxyl groups excluding tert-OH is 1. The fraction of sp³-hybridized carbons (Fsp3) is 0.843. The summed E-state index contributed by atoms with van der Waals surface area (Å²) in [6.45, 7) is 5.91. The van der Waals surface area contributed by atoms with Crippen molar-refractivity contribution in [3.05, 3.63) is 0 Å². The molecule has 730 valence electrons. The van der Waals surface area contributed by atoms with E-state index in [2.05, 4.69) is 47.2 Å². The van der Waals surface area contributed by atoms with Crippen molar-refractivity contribution in [1.82, 2.24) is 67.4 Å². The first-order valence-corrected chi connectivity index (χ1v) is 52.6. The van der Waals surface area contributed by atoms with Crippen molar-refractivity contribution in [3.8, 4) is 0 Å². The summed E-state index contributed by atoms with van der Waals surface area (Å²) in [4.78, 5) is 129. The maximum absolute atomic E-state index is 14.5. The number of guanidine groups is 2. The lowest BCUT2D eigenvalue weighted by atomic mass is 10.0. The Bertz CT molecular complexity index is 4350. The molecular weight excluding hydrogens is 1790 g/mol. The zero-order valence-electron chi connectivity index (χ0n) is 74.5. The molecule has 8 atom stereocenters. The number of aliphatic hydroxyl groups is 1. The Kier molecular flexibility index (Phi) is 53.5. The minimum Gasteiger partial charge on any atom is -0.481 e. The number of amides is 7. The van der Waals surface area contributed by atoms with Crippen LogP contribution in [0.15, 0.2) is 9.98 Å². The summed E-state index contributed by atoms with van der Waals surface area (Å²) in [6, 6.07) is -8.61. The standard InChI is InChI=1S/C70H143N23O25S7/c1-48(2)19-20-59(37-91(122(111,112)29-24-72)43-65(100)83-57(18-16-27-79-70(76)77)35-89(33-53(10)94)124(115,116)46-50(5)6)84-66(101)44-93(125(117,118)47-51(7)8)39-61(54(11)95)86-67(102)45-92(123(113,114)30-25-73)38-60(31-49(3)4)85-64(99)41-88(120(14,107)108)34-56(17-15-26-78-69(74)75)82-63(98)40-87(119(13,105)106)32-52(9)80-62(97)42-90(121(109,110)28-23-71)36-58(81-55(12)96)21-22-68(103)104/h48-52,54,56-61,95H,15-47,71-73H2,1-14H3,(H,80,97)(H,81,96)(H,82,98)(H,83,100)(H,84,101)(H,85,99)(H,86,102)(H,103,104)(H4,74,75,78)(H4,76,77,79)/t52-,54?,56-,57-,58-,59-,60-,61+/m0/s1. The fourth-order valence-electron chi connectivity index (χ4n) is 12.7. The zero-order valence-corrected chi connectivity index (χ0v) is 80.2. The number of ketones is 1. The molecule has 0 radical (unpaired) electrons. The summed E-state index contributed by atoms with van der Waals surface area (Å²) >= 11 is 0. The van der Waals surface area contributed by atoms with Gasteiger partial charge in [0.15, 0.2) is 11.9 Å². The van der Waals surface area contributed by atoms with Crippen LogP contribution in [0.4, 0.5) is 0 Å². The van der Waals surface area contributed by atoms with E-state index >= 15 is 0 Å². The smallest absolute Gasteiger partial charge is 0.303 e. The number of nitrogens with one attached hydrogen (secondary N) is 7. The maximum atomic E-state index is 14.5. The normalized spacial score (nSPS) is 14.7. The van der Waals surface area contributed by atoms with Gasteiger partial charge in [-0.2, -0.15) is 30.1 Å². The number of hydrogen-bond donors (Lipinski definition) is 16. The molecule has 23 N–H and O–H groups in total. The molecule has 0 aromatic rings. The van der Waals surface area contributed by atoms with Crippen LogP contribution in [0.1, 0.15) is 141 Å². The number of carbonyl (C=O) groups is 9. The number of carbonyl (C=O) groups excluding carboxylic acids is 8. The first-order chi connectivity index (χ1) is 57.4. The van der Waals surface area contributed by atoms with E-state index in [1.54, 1.807) is 41.5 Å². The van der Waals surface area contributed by atoms with E-state index in [1.165, 1.54) is 13.8 Å². The summed E-state index contributed by atoms with van der Waals surface area (Å²) in [6.07, 6.45) is -0.508. The van der Waals surface area contributed by atoms with Crippen molar-refractivity contribution in [2.75, 3.05) is 166 Å². The molecule has 0 fully saturated rings. The summed E-state index contributed by atoms with van der Waals surface area (Å²) in [7, 11) is -30.9. The second kappa shape index (κ2) is 56.6. The summed E-state index contributed by atoms with van der Waals surface area (Å²) in [5.74, 6) is -13.7. The van der Waals surface area contributed by atoms with Gasteiger partial charge >= 0.3 is 5.97 Å². The number of nitrogens with zero attached hydrogens (tertiary/aromatic N) is 9. The third kappa shape index (κ3) is 51.8. The van der Waals surface area contributed by atoms with Crippen molar-refractivity contribution in [3.63, 3.8) is 0 Å². The van der Waals surface area contributed by atoms with Crippen LogP contribution >= 0.6 is 0 Å². The van der Waals surface area contributed by atoms with Gasteiger partial charge in [-0.15, -0.1) is 0 Å². The monoisotopic (exact) mass is 1930 g/mol. The van der Waals surface area contributed by atoms with Gasteiger partial charge in [-0.25, -0.2) is 58.9 Å². The van der Waals surface area contributed by atoms with Crippen LogP contribution in [0.3, 0.4) is 0 Å². The topological polar surface area (TPSA) is 747 Å². The molecule has 0 spiro atoms. The number of sulfonamides is 7. The molecule has 7 amide bonds. The van der Waals surface area contributed by atoms with Crippen LogP contribution in [-0.4, -0.2) is 378 Å². The van der Waals surface area contributed by atoms with Crippen LogP contribution in [0.2, 0.25) is 0 Å². The van der Waals surface area contributed by atoms with Crippen LogP contribution in [0.25, 0.3) is 0 Å². The van der Waals surface area contributed by atoms with E-state index in [9.17, 15) is 112 Å². The Morgan fingerprint density at radius 1 is 0.360 bits per heavy atom. The number of Topliss-reactive ketones (excluding diaryl/α,β-unsaturated/α-hetero) is 1. The lowest BCUT2D eigenvalue weighted by Crippen LogP contribution is -2.57. The lowest BCUT2D eigenvalue weighted by Gasteiger charge is -2.32. The Morgan fingerprint density at radius 3 is 0.992 bits per heavy atom. The SMILES string of the molecule is CC(=O)CN(C[C@H](CCCN=C(N)N)NC(=O)CN(C[C@H](CCC(C)C)NC(=O)CN(C[C@@H](NC(=O)CN(C[C@H](CC(C)C)NC(=O)CN(C[C@H](CCCN=C(N)N)NC(=O)CN(C[C@H](C)NC(=O)CN(C[C@H](CCC(=O)O)NC(C)=O)S(=O)(=O)CCN)S(C)(=O)=O)S(C)(=O)=O)S(=O)(=O)CCN)C(C)O)S(=O)(=O)CC(C)C)S(=O)(=O)CCN)S(=O)(=O)CC(C)C. The van der Waals surface area contributed by atoms with Gasteiger partial charge in [0, 0.05) is 128 Å². The molecule has 55 heteroatoms. The first kappa shape index (κ1) is 118. The molecule has 0 heterocycles. The molecule has 1 unspecified atom stereocenters. The quantitative estimate of drug-likeness (QED) is 0.0153. The Labute approximate surface area is 739 Å². The van der Waals surface area contributed by atoms with Crippen LogP contribution in [-0.2, 0) is 113 Å². The van der Waals surface area contributed by atoms with Gasteiger partial charge in [0.25, 0.3) is 0 Å². The second-order valence-electron chi connectivity index (χ2n) is 32.7. The summed E-state index contributed by atoms with van der Waals surface area (Å²) in [5.41, 5.74) is 39.2. The Hall–Kier alpha value is -6.82. The molecule has 0 aromatic heterocycles. The number of rotatable bonds is 69. The predicted molar refractivity (Wildman–Crippen MR) is 474 cm³/mol. The highest BCUT2D eigenvalue weighted by molar-refractivity contribution is 7.90. The lowest BCUT2D eigenvalue weighted by molar-refractivity contribution is -0.137. The molecule has 0 aromatic carbocycles. The number of carboxylic acids is 1. The molecular formula is C70H143N23O25S7. The minimum atomic E-state index is -4.61. The van der Waals surface area contributed by atoms with Gasteiger partial charge in [-0.3, -0.25) is 53.1 Å². The van der Waals surface area contributed by atoms with E-state index in [0.717, 1.165) is 35.0 Å². The molecule has 0 saturated heterocycles. The number of hydrogen-bond acceptors (Lipinski definition) is 29. The largest absolute Gasteiger partial charge is 0.481 e. The van der Waals surface area contributed by atoms with Crippen LogP contribution < -0.4 is 77.4 Å². The van der Waals surface area contributed by atoms with Crippen LogP contribution in [0.5, 0.6) is 0 Å². The van der Waals surface area contributed by atoms with E-state index in [-0.39, 0.29) is 93.5 Å². The van der Waals surface area contributed by atoms with Crippen molar-refractivity contribution in [2.45, 2.75) is 189 Å². The molecule has 0 aliphatic carbocycles. The number of aliphatic carboxylic acids is 1. The molecule has 0 aliphatic heterocycles. The van der Waals surface area contributed by atoms with Gasteiger partial charge in [-0.05, 0) is 95.8 Å². The van der Waals surface area contributed by atoms with Gasteiger partial charge in [0.1, 0.15) is 5.78 Å². The van der Waals surface area contributed by atoms with Gasteiger partial charge < -0.3 is 87.6 Å². The molecule has 48 nitrogen and oxygen atoms in total. The van der Waals surface area contributed by atoms with Crippen LogP contribution in [0, 0.1) is 23.7 Å². The van der Waals surface area contributed by atoms with Gasteiger partial charge in [0.2, 0.25) is 112 Å². The Balaban J connectivity index is 7.45. The first-order valence-electron chi connectivity index (χ1n) is 40.8. The molecule has 0 rings (SSSR count). The van der Waals surface area contributed by atoms with Crippen molar-refractivity contribution < 1.29 is 112 Å². The highest BCUT2D eigenvalue weighted by Gasteiger charge is 2.38. The number of aliphatic imine (C=N–C) groups is 2. The zero-order chi connectivity index (χ0) is 96.5. The average molecular weight is 1930 g/mol. The minimum absolute atomic E-state index is 0.0310. The molecule has 125 heavy (non-hydrogen) atoms. The van der Waals surface area contributed by atoms with E-state index in [0.29, 0.717) is 27.9 Å². The highest BCUT2D eigenvalue weighted by Crippen LogP contribution is 2.19. The van der Waals surface area contributed by atoms with Crippen molar-refractivity contribution in [2.24, 2.45) is 73.8 Å². The third-order valence-electron chi connectivity index (χ3n) is 18.2. The van der Waals surface area contributed by atoms with E-state index < -0.39 is 318 Å². The average Bonchev–Trinajstić information content (AvgIpc) is 0.753. The van der Waals surface area contributed by atoms with Crippen molar-refractivity contribution >= 4 is 135 Å². The van der Waals surface area contributed by atoms with E-state index in [4.69, 9.17) is 40.1 Å². The second-order valence-corrected chi connectivity index (χ2v) is 47.0. The van der Waals surface area contributed by atoms with E-state index in [1.807, 2.05) is 13.8 Å². The Morgan fingerprint density at radius 2 is 0.672 bits per heavy atom. The number of carboxylic acid groups (broad SMARTS) is 1. The molecule has 0 saturated carbocycles. The highest BCUT2D eigenvalue weighted by atomic mass is 32.2. The van der Waals surface area contributed by atoms with Crippen molar-refractivity contribution in [1.29, 1.82) is 0 Å². The van der Waals surface area contributed by atoms with Gasteiger partial charge in [0.05, 0.1) is 99.2 Å². The molecule has 0 aliphatic rings. The summed E-state index contributed by atoms with van der Waals surface area (Å²) < 4.78 is 198. The maximum Gasteiger partial charge on any atom is 0.303 e.